The second-order valence-corrected chi connectivity index (χ2v) is 9.64. The summed E-state index contributed by atoms with van der Waals surface area (Å²) in [7, 11) is -1.92. The molecule has 1 atom stereocenters. The monoisotopic (exact) mass is 436 g/mol. The summed E-state index contributed by atoms with van der Waals surface area (Å²) >= 11 is 6.07. The zero-order valence-corrected chi connectivity index (χ0v) is 18.1. The minimum absolute atomic E-state index is 0.205. The molecule has 1 aliphatic heterocycles. The van der Waals surface area contributed by atoms with Gasteiger partial charge in [0.1, 0.15) is 5.60 Å². The Balaban J connectivity index is 1.69. The van der Waals surface area contributed by atoms with Crippen LogP contribution in [0.3, 0.4) is 0 Å². The zero-order chi connectivity index (χ0) is 21.1. The Morgan fingerprint density at radius 2 is 1.83 bits per heavy atom. The molecule has 156 valence electrons. The Bertz CT molecular complexity index is 972. The number of hydrogen-bond donors (Lipinski definition) is 1. The Labute approximate surface area is 176 Å². The third kappa shape index (κ3) is 4.80. The zero-order valence-electron chi connectivity index (χ0n) is 16.5. The standard InChI is InChI=1S/C21H25ClN2O4S/c1-21(28-2,17-6-5-7-18(22)14-17)15-23-20(25)16-8-10-19(11-9-16)29(26,27)24-12-3-4-13-24/h5-11,14H,3-4,12-13,15H2,1-2H3,(H,23,25)/t21-/m0/s1. The van der Waals surface area contributed by atoms with Crippen molar-refractivity contribution in [1.29, 1.82) is 0 Å². The van der Waals surface area contributed by atoms with Crippen LogP contribution in [0, 0.1) is 0 Å². The van der Waals surface area contributed by atoms with E-state index in [0.717, 1.165) is 18.4 Å². The number of carbonyl (C=O) groups excluding carboxylic acids is 1. The van der Waals surface area contributed by atoms with Gasteiger partial charge in [0.25, 0.3) is 5.91 Å². The smallest absolute Gasteiger partial charge is 0.251 e. The number of amides is 1. The highest BCUT2D eigenvalue weighted by Crippen LogP contribution is 2.26. The van der Waals surface area contributed by atoms with E-state index in [0.29, 0.717) is 23.7 Å². The number of nitrogens with one attached hydrogen (secondary N) is 1. The summed E-state index contributed by atoms with van der Waals surface area (Å²) in [6, 6.07) is 13.3. The van der Waals surface area contributed by atoms with E-state index in [2.05, 4.69) is 5.32 Å². The summed E-state index contributed by atoms with van der Waals surface area (Å²) in [6.07, 6.45) is 1.76. The van der Waals surface area contributed by atoms with Crippen molar-refractivity contribution < 1.29 is 17.9 Å². The lowest BCUT2D eigenvalue weighted by molar-refractivity contribution is 0.00315. The highest BCUT2D eigenvalue weighted by molar-refractivity contribution is 7.89. The number of nitrogens with zero attached hydrogens (tertiary/aromatic N) is 1. The first-order valence-electron chi connectivity index (χ1n) is 9.46. The van der Waals surface area contributed by atoms with Crippen LogP contribution in [0.15, 0.2) is 53.4 Å². The SMILES string of the molecule is CO[C@@](C)(CNC(=O)c1ccc(S(=O)(=O)N2CCCC2)cc1)c1cccc(Cl)c1. The van der Waals surface area contributed by atoms with E-state index in [-0.39, 0.29) is 17.3 Å². The Kier molecular flexibility index (Phi) is 6.63. The minimum Gasteiger partial charge on any atom is -0.372 e. The van der Waals surface area contributed by atoms with Gasteiger partial charge in [-0.1, -0.05) is 23.7 Å². The van der Waals surface area contributed by atoms with Gasteiger partial charge in [-0.05, 0) is 61.7 Å². The van der Waals surface area contributed by atoms with Crippen LogP contribution in [-0.4, -0.2) is 45.4 Å². The van der Waals surface area contributed by atoms with Crippen LogP contribution in [0.4, 0.5) is 0 Å². The molecule has 0 bridgehead atoms. The molecular formula is C21H25ClN2O4S. The van der Waals surface area contributed by atoms with E-state index in [9.17, 15) is 13.2 Å². The first-order chi connectivity index (χ1) is 13.8. The average molecular weight is 437 g/mol. The molecule has 1 N–H and O–H groups in total. The number of ether oxygens (including phenoxy) is 1. The maximum Gasteiger partial charge on any atom is 0.251 e. The summed E-state index contributed by atoms with van der Waals surface area (Å²) in [5, 5.41) is 3.44. The molecule has 2 aromatic rings. The molecule has 2 aromatic carbocycles. The van der Waals surface area contributed by atoms with Crippen molar-refractivity contribution in [2.75, 3.05) is 26.7 Å². The van der Waals surface area contributed by atoms with Gasteiger partial charge >= 0.3 is 0 Å². The summed E-state index contributed by atoms with van der Waals surface area (Å²) in [4.78, 5) is 12.8. The van der Waals surface area contributed by atoms with Crippen LogP contribution in [0.25, 0.3) is 0 Å². The van der Waals surface area contributed by atoms with Gasteiger partial charge in [0, 0.05) is 30.8 Å². The molecule has 29 heavy (non-hydrogen) atoms. The molecule has 0 unspecified atom stereocenters. The van der Waals surface area contributed by atoms with Crippen molar-refractivity contribution in [3.05, 3.63) is 64.7 Å². The summed E-state index contributed by atoms with van der Waals surface area (Å²) < 4.78 is 32.3. The third-order valence-corrected chi connectivity index (χ3v) is 7.44. The fourth-order valence-corrected chi connectivity index (χ4v) is 5.02. The molecule has 8 heteroatoms. The fourth-order valence-electron chi connectivity index (χ4n) is 3.32. The van der Waals surface area contributed by atoms with Gasteiger partial charge in [-0.25, -0.2) is 8.42 Å². The predicted molar refractivity (Wildman–Crippen MR) is 113 cm³/mol. The number of benzene rings is 2. The number of rotatable bonds is 7. The first kappa shape index (κ1) is 21.8. The highest BCUT2D eigenvalue weighted by Gasteiger charge is 2.29. The van der Waals surface area contributed by atoms with E-state index >= 15 is 0 Å². The second kappa shape index (κ2) is 8.83. The number of sulfonamides is 1. The molecule has 0 spiro atoms. The van der Waals surface area contributed by atoms with Gasteiger partial charge in [0.2, 0.25) is 10.0 Å². The van der Waals surface area contributed by atoms with E-state index < -0.39 is 15.6 Å². The lowest BCUT2D eigenvalue weighted by Gasteiger charge is -2.29. The van der Waals surface area contributed by atoms with Crippen molar-refractivity contribution in [3.8, 4) is 0 Å². The molecule has 1 fully saturated rings. The van der Waals surface area contributed by atoms with Gasteiger partial charge in [-0.2, -0.15) is 4.31 Å². The van der Waals surface area contributed by atoms with Crippen molar-refractivity contribution in [3.63, 3.8) is 0 Å². The van der Waals surface area contributed by atoms with Crippen molar-refractivity contribution in [1.82, 2.24) is 9.62 Å². The van der Waals surface area contributed by atoms with Crippen molar-refractivity contribution in [2.24, 2.45) is 0 Å². The average Bonchev–Trinajstić information content (AvgIpc) is 3.28. The molecule has 3 rings (SSSR count). The van der Waals surface area contributed by atoms with Gasteiger partial charge in [-0.3, -0.25) is 4.79 Å². The first-order valence-corrected chi connectivity index (χ1v) is 11.3. The van der Waals surface area contributed by atoms with E-state index in [1.807, 2.05) is 19.1 Å². The Morgan fingerprint density at radius 3 is 2.41 bits per heavy atom. The number of halogens is 1. The lowest BCUT2D eigenvalue weighted by atomic mass is 9.95. The van der Waals surface area contributed by atoms with Crippen LogP contribution in [0.5, 0.6) is 0 Å². The van der Waals surface area contributed by atoms with Gasteiger partial charge in [-0.15, -0.1) is 0 Å². The maximum absolute atomic E-state index is 12.6. The third-order valence-electron chi connectivity index (χ3n) is 5.29. The predicted octanol–water partition coefficient (Wildman–Crippen LogP) is 3.42. The van der Waals surface area contributed by atoms with Crippen LogP contribution in [0.2, 0.25) is 5.02 Å². The quantitative estimate of drug-likeness (QED) is 0.721. The van der Waals surface area contributed by atoms with Crippen molar-refractivity contribution in [2.45, 2.75) is 30.3 Å². The van der Waals surface area contributed by atoms with Crippen LogP contribution in [-0.2, 0) is 20.4 Å². The van der Waals surface area contributed by atoms with Gasteiger partial charge in [0.05, 0.1) is 11.4 Å². The number of hydrogen-bond acceptors (Lipinski definition) is 4. The van der Waals surface area contributed by atoms with Gasteiger partial charge < -0.3 is 10.1 Å². The Morgan fingerprint density at radius 1 is 1.17 bits per heavy atom. The lowest BCUT2D eigenvalue weighted by Crippen LogP contribution is -2.40. The van der Waals surface area contributed by atoms with E-state index in [4.69, 9.17) is 16.3 Å². The molecule has 1 saturated heterocycles. The molecular weight excluding hydrogens is 412 g/mol. The molecule has 6 nitrogen and oxygen atoms in total. The highest BCUT2D eigenvalue weighted by atomic mass is 35.5. The molecule has 0 aliphatic carbocycles. The van der Waals surface area contributed by atoms with E-state index in [1.165, 1.54) is 28.6 Å². The molecule has 0 saturated carbocycles. The van der Waals surface area contributed by atoms with Crippen LogP contribution in [0.1, 0.15) is 35.7 Å². The van der Waals surface area contributed by atoms with Crippen LogP contribution >= 0.6 is 11.6 Å². The summed E-state index contributed by atoms with van der Waals surface area (Å²) in [5.74, 6) is -0.305. The summed E-state index contributed by atoms with van der Waals surface area (Å²) in [6.45, 7) is 3.19. The summed E-state index contributed by atoms with van der Waals surface area (Å²) in [5.41, 5.74) is 0.481. The van der Waals surface area contributed by atoms with Crippen molar-refractivity contribution >= 4 is 27.5 Å². The Hall–Kier alpha value is -1.93. The molecule has 1 aliphatic rings. The topological polar surface area (TPSA) is 75.7 Å². The largest absolute Gasteiger partial charge is 0.372 e. The van der Waals surface area contributed by atoms with Gasteiger partial charge in [0.15, 0.2) is 0 Å². The number of carbonyl (C=O) groups is 1. The number of methoxy groups -OCH3 is 1. The normalized spacial score (nSPS) is 17.1. The minimum atomic E-state index is -3.49. The van der Waals surface area contributed by atoms with E-state index in [1.54, 1.807) is 19.2 Å². The molecule has 0 aromatic heterocycles. The maximum atomic E-state index is 12.6. The molecule has 1 heterocycles. The molecule has 1 amide bonds. The fraction of sp³-hybridized carbons (Fsp3) is 0.381. The van der Waals surface area contributed by atoms with Crippen LogP contribution < -0.4 is 5.32 Å². The molecule has 0 radical (unpaired) electrons. The second-order valence-electron chi connectivity index (χ2n) is 7.26.